The summed E-state index contributed by atoms with van der Waals surface area (Å²) in [5.74, 6) is 1.36. The maximum Gasteiger partial charge on any atom is 0.234 e. The average molecular weight is 411 g/mol. The van der Waals surface area contributed by atoms with Crippen molar-refractivity contribution in [1.29, 1.82) is 0 Å². The summed E-state index contributed by atoms with van der Waals surface area (Å²) < 4.78 is 1.98. The van der Waals surface area contributed by atoms with Crippen molar-refractivity contribution in [1.82, 2.24) is 14.8 Å². The van der Waals surface area contributed by atoms with Crippen molar-refractivity contribution in [3.63, 3.8) is 0 Å². The van der Waals surface area contributed by atoms with Gasteiger partial charge in [-0.1, -0.05) is 55.9 Å². The van der Waals surface area contributed by atoms with Gasteiger partial charge in [-0.25, -0.2) is 0 Å². The van der Waals surface area contributed by atoms with Gasteiger partial charge in [0.2, 0.25) is 5.91 Å². The Labute approximate surface area is 175 Å². The second kappa shape index (κ2) is 9.71. The van der Waals surface area contributed by atoms with Gasteiger partial charge in [-0.15, -0.1) is 10.2 Å². The molecule has 7 heteroatoms. The number of aliphatic hydroxyl groups excluding tert-OH is 1. The summed E-state index contributed by atoms with van der Waals surface area (Å²) in [6, 6.07) is 15.5. The highest BCUT2D eigenvalue weighted by Gasteiger charge is 2.15. The van der Waals surface area contributed by atoms with Crippen LogP contribution in [0.4, 0.5) is 5.69 Å². The number of carbonyl (C=O) groups excluding carboxylic acids is 1. The number of rotatable bonds is 8. The number of anilines is 1. The minimum atomic E-state index is -0.0817. The van der Waals surface area contributed by atoms with Crippen LogP contribution in [0.3, 0.4) is 0 Å². The predicted octanol–water partition coefficient (Wildman–Crippen LogP) is 4.31. The van der Waals surface area contributed by atoms with Gasteiger partial charge in [-0.3, -0.25) is 4.79 Å². The predicted molar refractivity (Wildman–Crippen MR) is 117 cm³/mol. The smallest absolute Gasteiger partial charge is 0.234 e. The normalized spacial score (nSPS) is 11.1. The van der Waals surface area contributed by atoms with E-state index in [1.54, 1.807) is 0 Å². The number of nitrogens with zero attached hydrogens (tertiary/aromatic N) is 3. The van der Waals surface area contributed by atoms with Crippen LogP contribution in [0.1, 0.15) is 37.8 Å². The van der Waals surface area contributed by atoms with Gasteiger partial charge in [0.05, 0.1) is 12.4 Å². The molecule has 29 heavy (non-hydrogen) atoms. The van der Waals surface area contributed by atoms with Crippen molar-refractivity contribution in [2.24, 2.45) is 0 Å². The topological polar surface area (TPSA) is 80.0 Å². The number of aromatic nitrogens is 3. The molecule has 0 unspecified atom stereocenters. The number of hydrogen-bond acceptors (Lipinski definition) is 5. The lowest BCUT2D eigenvalue weighted by molar-refractivity contribution is -0.113. The highest BCUT2D eigenvalue weighted by molar-refractivity contribution is 7.99. The Hall–Kier alpha value is -2.64. The third-order valence-electron chi connectivity index (χ3n) is 4.59. The number of aliphatic hydroxyl groups is 1. The van der Waals surface area contributed by atoms with Gasteiger partial charge in [-0.05, 0) is 42.2 Å². The summed E-state index contributed by atoms with van der Waals surface area (Å²) in [6.45, 7) is 6.97. The Kier molecular flexibility index (Phi) is 7.06. The average Bonchev–Trinajstić information content (AvgIpc) is 3.15. The maximum atomic E-state index is 12.3. The van der Waals surface area contributed by atoms with E-state index in [0.717, 1.165) is 22.6 Å². The monoisotopic (exact) mass is 410 g/mol. The van der Waals surface area contributed by atoms with Crippen molar-refractivity contribution in [3.8, 4) is 11.4 Å². The quantitative estimate of drug-likeness (QED) is 0.541. The highest BCUT2D eigenvalue weighted by atomic mass is 32.2. The van der Waals surface area contributed by atoms with Gasteiger partial charge in [0.25, 0.3) is 0 Å². The molecule has 0 saturated heterocycles. The molecule has 1 aromatic heterocycles. The second-order valence-electron chi connectivity index (χ2n) is 7.02. The first-order valence-corrected chi connectivity index (χ1v) is 10.7. The Balaban J connectivity index is 1.66. The molecule has 152 valence electrons. The molecule has 2 aromatic carbocycles. The van der Waals surface area contributed by atoms with E-state index in [2.05, 4.69) is 29.4 Å². The summed E-state index contributed by atoms with van der Waals surface area (Å²) in [5.41, 5.74) is 3.75. The van der Waals surface area contributed by atoms with Crippen molar-refractivity contribution < 1.29 is 9.90 Å². The zero-order valence-electron chi connectivity index (χ0n) is 16.9. The lowest BCUT2D eigenvalue weighted by Crippen LogP contribution is -2.14. The Bertz CT molecular complexity index is 967. The largest absolute Gasteiger partial charge is 0.392 e. The summed E-state index contributed by atoms with van der Waals surface area (Å²) in [7, 11) is 0. The molecular weight excluding hydrogens is 384 g/mol. The number of hydrogen-bond donors (Lipinski definition) is 2. The van der Waals surface area contributed by atoms with Gasteiger partial charge in [0, 0.05) is 17.8 Å². The van der Waals surface area contributed by atoms with E-state index in [1.165, 1.54) is 17.3 Å². The summed E-state index contributed by atoms with van der Waals surface area (Å²) in [6.07, 6.45) is 0. The van der Waals surface area contributed by atoms with E-state index in [1.807, 2.05) is 60.0 Å². The fraction of sp³-hybridized carbons (Fsp3) is 0.318. The van der Waals surface area contributed by atoms with Crippen LogP contribution in [0.25, 0.3) is 11.4 Å². The fourth-order valence-corrected chi connectivity index (χ4v) is 3.78. The maximum absolute atomic E-state index is 12.3. The molecular formula is C22H26N4O2S. The van der Waals surface area contributed by atoms with Crippen LogP contribution in [-0.4, -0.2) is 31.5 Å². The van der Waals surface area contributed by atoms with E-state index in [0.29, 0.717) is 17.6 Å². The molecule has 0 aliphatic heterocycles. The molecule has 0 bridgehead atoms. The minimum Gasteiger partial charge on any atom is -0.392 e. The first kappa shape index (κ1) is 21.1. The first-order chi connectivity index (χ1) is 14.0. The molecule has 0 radical (unpaired) electrons. The molecule has 6 nitrogen and oxygen atoms in total. The van der Waals surface area contributed by atoms with Crippen LogP contribution >= 0.6 is 11.8 Å². The molecule has 1 amide bonds. The Morgan fingerprint density at radius 2 is 1.93 bits per heavy atom. The molecule has 0 saturated carbocycles. The molecule has 3 aromatic rings. The molecule has 0 aliphatic rings. The third-order valence-corrected chi connectivity index (χ3v) is 5.56. The van der Waals surface area contributed by atoms with Crippen molar-refractivity contribution >= 4 is 23.4 Å². The number of amides is 1. The molecule has 0 atom stereocenters. The van der Waals surface area contributed by atoms with E-state index in [-0.39, 0.29) is 18.3 Å². The molecule has 2 N–H and O–H groups in total. The fourth-order valence-electron chi connectivity index (χ4n) is 2.98. The first-order valence-electron chi connectivity index (χ1n) is 9.67. The molecule has 1 heterocycles. The van der Waals surface area contributed by atoms with Crippen molar-refractivity contribution in [3.05, 3.63) is 59.7 Å². The van der Waals surface area contributed by atoms with Crippen LogP contribution in [0.5, 0.6) is 0 Å². The molecule has 3 rings (SSSR count). The van der Waals surface area contributed by atoms with Crippen molar-refractivity contribution in [2.75, 3.05) is 11.1 Å². The lowest BCUT2D eigenvalue weighted by Gasteiger charge is -2.09. The Morgan fingerprint density at radius 1 is 1.17 bits per heavy atom. The van der Waals surface area contributed by atoms with Crippen LogP contribution < -0.4 is 5.32 Å². The second-order valence-corrected chi connectivity index (χ2v) is 7.96. The van der Waals surface area contributed by atoms with Crippen LogP contribution in [0.2, 0.25) is 0 Å². The molecule has 0 spiro atoms. The van der Waals surface area contributed by atoms with Crippen LogP contribution in [0, 0.1) is 0 Å². The third kappa shape index (κ3) is 5.25. The molecule has 0 fully saturated rings. The van der Waals surface area contributed by atoms with Gasteiger partial charge < -0.3 is 15.0 Å². The summed E-state index contributed by atoms with van der Waals surface area (Å²) >= 11 is 1.36. The number of nitrogens with one attached hydrogen (secondary N) is 1. The van der Waals surface area contributed by atoms with E-state index in [9.17, 15) is 9.90 Å². The van der Waals surface area contributed by atoms with Crippen molar-refractivity contribution in [2.45, 2.75) is 45.0 Å². The van der Waals surface area contributed by atoms with Gasteiger partial charge >= 0.3 is 0 Å². The number of benzene rings is 2. The number of carbonyl (C=O) groups is 1. The SMILES string of the molecule is CCn1c(SCC(=O)Nc2ccc(C(C)C)cc2)nnc1-c1cccc(CO)c1. The van der Waals surface area contributed by atoms with Gasteiger partial charge in [0.1, 0.15) is 0 Å². The van der Waals surface area contributed by atoms with E-state index >= 15 is 0 Å². The van der Waals surface area contributed by atoms with Crippen LogP contribution in [-0.2, 0) is 17.9 Å². The minimum absolute atomic E-state index is 0.0198. The van der Waals surface area contributed by atoms with Gasteiger partial charge in [0.15, 0.2) is 11.0 Å². The molecule has 0 aliphatic carbocycles. The standard InChI is InChI=1S/C22H26N4O2S/c1-4-26-21(18-7-5-6-16(12-18)13-27)24-25-22(26)29-14-20(28)23-19-10-8-17(9-11-19)15(2)3/h5-12,15,27H,4,13-14H2,1-3H3,(H,23,28). The van der Waals surface area contributed by atoms with Crippen LogP contribution in [0.15, 0.2) is 53.7 Å². The zero-order chi connectivity index (χ0) is 20.8. The van der Waals surface area contributed by atoms with E-state index in [4.69, 9.17) is 0 Å². The van der Waals surface area contributed by atoms with E-state index < -0.39 is 0 Å². The number of thioether (sulfide) groups is 1. The lowest BCUT2D eigenvalue weighted by atomic mass is 10.0. The van der Waals surface area contributed by atoms with Gasteiger partial charge in [-0.2, -0.15) is 0 Å². The highest BCUT2D eigenvalue weighted by Crippen LogP contribution is 2.25. The zero-order valence-corrected chi connectivity index (χ0v) is 17.7. The summed E-state index contributed by atoms with van der Waals surface area (Å²) in [5, 5.41) is 21.5. The Morgan fingerprint density at radius 3 is 2.59 bits per heavy atom. The summed E-state index contributed by atoms with van der Waals surface area (Å²) in [4.78, 5) is 12.3.